The quantitative estimate of drug-likeness (QED) is 0.813. The number of aryl methyl sites for hydroxylation is 1. The predicted octanol–water partition coefficient (Wildman–Crippen LogP) is 1.75. The van der Waals surface area contributed by atoms with Gasteiger partial charge in [-0.25, -0.2) is 4.98 Å². The molecular weight excluding hydrogens is 318 g/mol. The lowest BCUT2D eigenvalue weighted by Crippen LogP contribution is -2.35. The molecule has 7 heteroatoms. The molecule has 2 aromatic rings. The molecule has 1 aromatic carbocycles. The Morgan fingerprint density at radius 2 is 2.12 bits per heavy atom. The number of carbonyl (C=O) groups is 2. The fourth-order valence-electron chi connectivity index (χ4n) is 2.98. The van der Waals surface area contributed by atoms with Crippen LogP contribution in [0.5, 0.6) is 0 Å². The molecule has 1 atom stereocenters. The highest BCUT2D eigenvalue weighted by molar-refractivity contribution is 5.81. The first-order chi connectivity index (χ1) is 12.1. The molecule has 25 heavy (non-hydrogen) atoms. The number of hydrogen-bond acceptors (Lipinski definition) is 4. The zero-order valence-corrected chi connectivity index (χ0v) is 14.1. The predicted molar refractivity (Wildman–Crippen MR) is 93.0 cm³/mol. The van der Waals surface area contributed by atoms with E-state index in [9.17, 15) is 9.59 Å². The van der Waals surface area contributed by atoms with Crippen LogP contribution < -0.4 is 5.32 Å². The van der Waals surface area contributed by atoms with E-state index in [0.29, 0.717) is 13.1 Å². The number of rotatable bonds is 6. The second-order valence-corrected chi connectivity index (χ2v) is 5.95. The largest absolute Gasteiger partial charge is 0.356 e. The van der Waals surface area contributed by atoms with E-state index in [1.807, 2.05) is 30.3 Å². The van der Waals surface area contributed by atoms with Crippen LogP contribution in [0.1, 0.15) is 36.9 Å². The summed E-state index contributed by atoms with van der Waals surface area (Å²) in [5, 5.41) is 6.94. The molecular formula is C18H21N5O2. The van der Waals surface area contributed by atoms with E-state index in [2.05, 4.69) is 15.4 Å². The van der Waals surface area contributed by atoms with Crippen LogP contribution in [0.3, 0.4) is 0 Å². The van der Waals surface area contributed by atoms with Gasteiger partial charge in [-0.05, 0) is 23.6 Å². The van der Waals surface area contributed by atoms with E-state index in [0.717, 1.165) is 17.5 Å². The molecule has 1 aromatic heterocycles. The first kappa shape index (κ1) is 16.9. The smallest absolute Gasteiger partial charge is 0.223 e. The highest BCUT2D eigenvalue weighted by Crippen LogP contribution is 2.32. The number of fused-ring (bicyclic) bond motifs is 1. The SMILES string of the molecule is CC(=O)N1C=Cc2ccccc2[C@H]1CC(=O)NCCCn1cncn1. The van der Waals surface area contributed by atoms with Crippen LogP contribution in [0.2, 0.25) is 0 Å². The topological polar surface area (TPSA) is 80.1 Å². The van der Waals surface area contributed by atoms with Gasteiger partial charge in [-0.2, -0.15) is 5.10 Å². The van der Waals surface area contributed by atoms with Gasteiger partial charge in [0.2, 0.25) is 11.8 Å². The fraction of sp³-hybridized carbons (Fsp3) is 0.333. The zero-order valence-electron chi connectivity index (χ0n) is 14.1. The minimum Gasteiger partial charge on any atom is -0.356 e. The van der Waals surface area contributed by atoms with Crippen molar-refractivity contribution < 1.29 is 9.59 Å². The summed E-state index contributed by atoms with van der Waals surface area (Å²) < 4.78 is 1.73. The molecule has 0 spiro atoms. The summed E-state index contributed by atoms with van der Waals surface area (Å²) in [5.74, 6) is -0.144. The number of hydrogen-bond donors (Lipinski definition) is 1. The first-order valence-electron chi connectivity index (χ1n) is 8.30. The van der Waals surface area contributed by atoms with E-state index < -0.39 is 0 Å². The van der Waals surface area contributed by atoms with Gasteiger partial charge in [-0.3, -0.25) is 14.3 Å². The average molecular weight is 339 g/mol. The molecule has 2 heterocycles. The van der Waals surface area contributed by atoms with Crippen molar-refractivity contribution in [1.29, 1.82) is 0 Å². The van der Waals surface area contributed by atoms with Gasteiger partial charge in [-0.1, -0.05) is 24.3 Å². The molecule has 0 saturated carbocycles. The molecule has 130 valence electrons. The summed E-state index contributed by atoms with van der Waals surface area (Å²) in [7, 11) is 0. The molecule has 0 bridgehead atoms. The van der Waals surface area contributed by atoms with E-state index in [1.165, 1.54) is 13.3 Å². The van der Waals surface area contributed by atoms with Gasteiger partial charge in [0.1, 0.15) is 12.7 Å². The van der Waals surface area contributed by atoms with E-state index in [1.54, 1.807) is 22.1 Å². The van der Waals surface area contributed by atoms with E-state index in [-0.39, 0.29) is 24.3 Å². The monoisotopic (exact) mass is 339 g/mol. The van der Waals surface area contributed by atoms with Crippen LogP contribution in [0.4, 0.5) is 0 Å². The normalized spacial score (nSPS) is 15.7. The number of nitrogens with zero attached hydrogens (tertiary/aromatic N) is 4. The molecule has 0 unspecified atom stereocenters. The second kappa shape index (κ2) is 7.74. The maximum absolute atomic E-state index is 12.3. The molecule has 2 amide bonds. The third-order valence-corrected chi connectivity index (χ3v) is 4.20. The van der Waals surface area contributed by atoms with Crippen LogP contribution in [-0.2, 0) is 16.1 Å². The maximum atomic E-state index is 12.3. The highest BCUT2D eigenvalue weighted by Gasteiger charge is 2.27. The summed E-state index contributed by atoms with van der Waals surface area (Å²) >= 11 is 0. The Labute approximate surface area is 146 Å². The number of benzene rings is 1. The third-order valence-electron chi connectivity index (χ3n) is 4.20. The Balaban J connectivity index is 1.58. The van der Waals surface area contributed by atoms with Crippen molar-refractivity contribution in [2.45, 2.75) is 32.4 Å². The van der Waals surface area contributed by atoms with Crippen LogP contribution in [0.15, 0.2) is 43.1 Å². The van der Waals surface area contributed by atoms with Gasteiger partial charge in [0.05, 0.1) is 12.5 Å². The summed E-state index contributed by atoms with van der Waals surface area (Å²) in [4.78, 5) is 29.8. The fourth-order valence-corrected chi connectivity index (χ4v) is 2.98. The van der Waals surface area contributed by atoms with Gasteiger partial charge < -0.3 is 10.2 Å². The summed E-state index contributed by atoms with van der Waals surface area (Å²) in [6.07, 6.45) is 7.81. The highest BCUT2D eigenvalue weighted by atomic mass is 16.2. The lowest BCUT2D eigenvalue weighted by Gasteiger charge is -2.32. The van der Waals surface area contributed by atoms with E-state index in [4.69, 9.17) is 0 Å². The van der Waals surface area contributed by atoms with Crippen molar-refractivity contribution in [2.24, 2.45) is 0 Å². The van der Waals surface area contributed by atoms with Crippen molar-refractivity contribution in [3.8, 4) is 0 Å². The molecule has 0 saturated heterocycles. The second-order valence-electron chi connectivity index (χ2n) is 5.95. The Bertz CT molecular complexity index is 770. The first-order valence-corrected chi connectivity index (χ1v) is 8.30. The molecule has 3 rings (SSSR count). The number of amides is 2. The summed E-state index contributed by atoms with van der Waals surface area (Å²) in [6, 6.07) is 7.57. The zero-order chi connectivity index (χ0) is 17.6. The number of aromatic nitrogens is 3. The van der Waals surface area contributed by atoms with Crippen molar-refractivity contribution in [3.63, 3.8) is 0 Å². The molecule has 0 aliphatic carbocycles. The molecule has 1 N–H and O–H groups in total. The molecule has 1 aliphatic rings. The Morgan fingerprint density at radius 3 is 2.88 bits per heavy atom. The van der Waals surface area contributed by atoms with Crippen molar-refractivity contribution >= 4 is 17.9 Å². The van der Waals surface area contributed by atoms with E-state index >= 15 is 0 Å². The van der Waals surface area contributed by atoms with Crippen LogP contribution >= 0.6 is 0 Å². The van der Waals surface area contributed by atoms with Gasteiger partial charge in [0, 0.05) is 26.2 Å². The Hall–Kier alpha value is -2.96. The van der Waals surface area contributed by atoms with Gasteiger partial charge >= 0.3 is 0 Å². The van der Waals surface area contributed by atoms with Crippen molar-refractivity contribution in [2.75, 3.05) is 6.54 Å². The molecule has 7 nitrogen and oxygen atoms in total. The summed E-state index contributed by atoms with van der Waals surface area (Å²) in [5.41, 5.74) is 2.04. The Kier molecular flexibility index (Phi) is 5.23. The minimum atomic E-state index is -0.269. The van der Waals surface area contributed by atoms with Crippen molar-refractivity contribution in [1.82, 2.24) is 25.0 Å². The molecule has 0 fully saturated rings. The number of nitrogens with one attached hydrogen (secondary N) is 1. The third kappa shape index (κ3) is 4.12. The van der Waals surface area contributed by atoms with Crippen LogP contribution in [0, 0.1) is 0 Å². The van der Waals surface area contributed by atoms with Gasteiger partial charge in [0.15, 0.2) is 0 Å². The van der Waals surface area contributed by atoms with Crippen molar-refractivity contribution in [3.05, 3.63) is 54.2 Å². The molecule has 0 radical (unpaired) electrons. The van der Waals surface area contributed by atoms with Crippen LogP contribution in [-0.4, -0.2) is 38.0 Å². The van der Waals surface area contributed by atoms with Gasteiger partial charge in [-0.15, -0.1) is 0 Å². The van der Waals surface area contributed by atoms with Crippen LogP contribution in [0.25, 0.3) is 6.08 Å². The minimum absolute atomic E-state index is 0.0695. The van der Waals surface area contributed by atoms with Gasteiger partial charge in [0.25, 0.3) is 0 Å². The lowest BCUT2D eigenvalue weighted by molar-refractivity contribution is -0.129. The standard InChI is InChI=1S/C18H21N5O2/c1-14(24)23-10-7-15-5-2-3-6-16(15)17(23)11-18(25)20-8-4-9-22-13-19-12-21-22/h2-3,5-7,10,12-13,17H,4,8-9,11H2,1H3,(H,20,25)/t17-/m1/s1. The molecule has 1 aliphatic heterocycles. The number of carbonyl (C=O) groups excluding carboxylic acids is 2. The summed E-state index contributed by atoms with van der Waals surface area (Å²) in [6.45, 7) is 2.78. The maximum Gasteiger partial charge on any atom is 0.223 e. The lowest BCUT2D eigenvalue weighted by atomic mass is 9.93. The average Bonchev–Trinajstić information content (AvgIpc) is 3.12. The Morgan fingerprint density at radius 1 is 1.28 bits per heavy atom.